The van der Waals surface area contributed by atoms with Crippen LogP contribution in [0.1, 0.15) is 50.5 Å². The number of hydrogen-bond acceptors (Lipinski definition) is 2. The van der Waals surface area contributed by atoms with E-state index < -0.39 is 6.10 Å². The summed E-state index contributed by atoms with van der Waals surface area (Å²) in [5.41, 5.74) is 0.811. The number of nitrogens with zero attached hydrogens (tertiary/aromatic N) is 1. The quantitative estimate of drug-likeness (QED) is 0.892. The minimum Gasteiger partial charge on any atom is -0.391 e. The Morgan fingerprint density at radius 3 is 2.79 bits per heavy atom. The van der Waals surface area contributed by atoms with Crippen LogP contribution >= 0.6 is 0 Å². The molecule has 1 aliphatic heterocycles. The molecule has 24 heavy (non-hydrogen) atoms. The number of urea groups is 1. The summed E-state index contributed by atoms with van der Waals surface area (Å²) in [6.07, 6.45) is 6.53. The summed E-state index contributed by atoms with van der Waals surface area (Å²) in [7, 11) is 0. The van der Waals surface area contributed by atoms with Crippen LogP contribution in [0.15, 0.2) is 24.3 Å². The van der Waals surface area contributed by atoms with Gasteiger partial charge in [0.25, 0.3) is 0 Å². The molecule has 0 radical (unpaired) electrons. The molecule has 1 heterocycles. The van der Waals surface area contributed by atoms with E-state index in [1.54, 1.807) is 17.0 Å². The molecular formula is C19H27FN2O2. The summed E-state index contributed by atoms with van der Waals surface area (Å²) >= 11 is 0. The number of benzene rings is 1. The molecule has 2 N–H and O–H groups in total. The average Bonchev–Trinajstić information content (AvgIpc) is 2.60. The molecule has 132 valence electrons. The van der Waals surface area contributed by atoms with Crippen molar-refractivity contribution in [3.63, 3.8) is 0 Å². The van der Waals surface area contributed by atoms with Crippen LogP contribution in [0.2, 0.25) is 0 Å². The first-order chi connectivity index (χ1) is 11.6. The maximum Gasteiger partial charge on any atom is 0.317 e. The van der Waals surface area contributed by atoms with Gasteiger partial charge in [0, 0.05) is 25.0 Å². The molecule has 2 fully saturated rings. The Morgan fingerprint density at radius 1 is 1.29 bits per heavy atom. The van der Waals surface area contributed by atoms with Crippen LogP contribution in [0, 0.1) is 5.82 Å². The summed E-state index contributed by atoms with van der Waals surface area (Å²) < 4.78 is 13.7. The van der Waals surface area contributed by atoms with Crippen molar-refractivity contribution >= 4 is 6.03 Å². The smallest absolute Gasteiger partial charge is 0.317 e. The number of carbonyl (C=O) groups excluding carboxylic acids is 1. The number of hydrogen-bond donors (Lipinski definition) is 2. The highest BCUT2D eigenvalue weighted by Gasteiger charge is 2.35. The number of aliphatic hydroxyl groups excluding tert-OH is 1. The van der Waals surface area contributed by atoms with E-state index in [-0.39, 0.29) is 17.3 Å². The first-order valence-corrected chi connectivity index (χ1v) is 9.06. The minimum atomic E-state index is -0.420. The van der Waals surface area contributed by atoms with Gasteiger partial charge in [-0.1, -0.05) is 31.4 Å². The van der Waals surface area contributed by atoms with E-state index in [2.05, 4.69) is 5.32 Å². The lowest BCUT2D eigenvalue weighted by molar-refractivity contribution is 0.0834. The fourth-order valence-electron chi connectivity index (χ4n) is 4.11. The number of halogens is 1. The van der Waals surface area contributed by atoms with Gasteiger partial charge in [0.2, 0.25) is 0 Å². The lowest BCUT2D eigenvalue weighted by Gasteiger charge is -2.39. The van der Waals surface area contributed by atoms with Crippen LogP contribution in [0.3, 0.4) is 0 Å². The van der Waals surface area contributed by atoms with Crippen molar-refractivity contribution in [3.05, 3.63) is 35.6 Å². The normalized spacial score (nSPS) is 23.8. The van der Waals surface area contributed by atoms with Crippen molar-refractivity contribution in [2.45, 2.75) is 56.5 Å². The number of β-amino-alcohol motifs (C(OH)–C–C–N with tert-alkyl or cyclic N) is 1. The molecule has 1 aliphatic carbocycles. The predicted octanol–water partition coefficient (Wildman–Crippen LogP) is 3.19. The molecule has 1 aromatic carbocycles. The summed E-state index contributed by atoms with van der Waals surface area (Å²) in [4.78, 5) is 14.1. The number of aliphatic hydroxyl groups is 1. The summed E-state index contributed by atoms with van der Waals surface area (Å²) in [6.45, 7) is 1.62. The third kappa shape index (κ3) is 3.89. The molecule has 5 heteroatoms. The van der Waals surface area contributed by atoms with E-state index in [0.717, 1.165) is 44.1 Å². The highest BCUT2D eigenvalue weighted by Crippen LogP contribution is 2.39. The van der Waals surface area contributed by atoms with Crippen LogP contribution in [0.5, 0.6) is 0 Å². The number of carbonyl (C=O) groups is 1. The molecular weight excluding hydrogens is 307 g/mol. The number of nitrogens with one attached hydrogen (secondary N) is 1. The second kappa shape index (κ2) is 7.51. The van der Waals surface area contributed by atoms with Gasteiger partial charge in [-0.15, -0.1) is 0 Å². The SMILES string of the molecule is O=C(NCC1(c2cccc(F)c2)CCCCC1)N1CCC[C@H](O)C1. The zero-order valence-electron chi connectivity index (χ0n) is 14.1. The Kier molecular flexibility index (Phi) is 5.39. The molecule has 0 unspecified atom stereocenters. The number of rotatable bonds is 3. The molecule has 1 atom stereocenters. The predicted molar refractivity (Wildman–Crippen MR) is 91.4 cm³/mol. The van der Waals surface area contributed by atoms with Crippen LogP contribution < -0.4 is 5.32 Å². The fraction of sp³-hybridized carbons (Fsp3) is 0.632. The highest BCUT2D eigenvalue weighted by molar-refractivity contribution is 5.74. The van der Waals surface area contributed by atoms with Gasteiger partial charge in [-0.2, -0.15) is 0 Å². The molecule has 3 rings (SSSR count). The van der Waals surface area contributed by atoms with Crippen LogP contribution in [-0.2, 0) is 5.41 Å². The van der Waals surface area contributed by atoms with Gasteiger partial charge in [0.05, 0.1) is 6.10 Å². The third-order valence-corrected chi connectivity index (χ3v) is 5.51. The van der Waals surface area contributed by atoms with Gasteiger partial charge in [0.15, 0.2) is 0 Å². The Hall–Kier alpha value is -1.62. The van der Waals surface area contributed by atoms with Crippen molar-refractivity contribution < 1.29 is 14.3 Å². The van der Waals surface area contributed by atoms with Crippen molar-refractivity contribution in [1.82, 2.24) is 10.2 Å². The topological polar surface area (TPSA) is 52.6 Å². The van der Waals surface area contributed by atoms with E-state index in [9.17, 15) is 14.3 Å². The number of likely N-dealkylation sites (tertiary alicyclic amines) is 1. The summed E-state index contributed by atoms with van der Waals surface area (Å²) in [5.74, 6) is -0.220. The molecule has 4 nitrogen and oxygen atoms in total. The Labute approximate surface area is 143 Å². The third-order valence-electron chi connectivity index (χ3n) is 5.51. The molecule has 2 aliphatic rings. The highest BCUT2D eigenvalue weighted by atomic mass is 19.1. The average molecular weight is 334 g/mol. The standard InChI is InChI=1S/C19H27FN2O2/c20-16-7-4-6-15(12-16)19(9-2-1-3-10-19)14-21-18(24)22-11-5-8-17(23)13-22/h4,6-7,12,17,23H,1-3,5,8-11,13-14H2,(H,21,24)/t17-/m0/s1. The van der Waals surface area contributed by atoms with Crippen molar-refractivity contribution in [3.8, 4) is 0 Å². The second-order valence-electron chi connectivity index (χ2n) is 7.25. The van der Waals surface area contributed by atoms with Crippen molar-refractivity contribution in [2.75, 3.05) is 19.6 Å². The van der Waals surface area contributed by atoms with E-state index in [0.29, 0.717) is 19.6 Å². The second-order valence-corrected chi connectivity index (χ2v) is 7.25. The number of piperidine rings is 1. The largest absolute Gasteiger partial charge is 0.391 e. The Morgan fingerprint density at radius 2 is 2.08 bits per heavy atom. The van der Waals surface area contributed by atoms with Gasteiger partial charge >= 0.3 is 6.03 Å². The Bertz CT molecular complexity index is 572. The van der Waals surface area contributed by atoms with E-state index in [1.807, 2.05) is 6.07 Å². The van der Waals surface area contributed by atoms with Gasteiger partial charge in [-0.25, -0.2) is 9.18 Å². The molecule has 1 aromatic rings. The number of amides is 2. The van der Waals surface area contributed by atoms with Gasteiger partial charge in [-0.3, -0.25) is 0 Å². The minimum absolute atomic E-state index is 0.116. The first-order valence-electron chi connectivity index (χ1n) is 9.06. The molecule has 0 bridgehead atoms. The van der Waals surface area contributed by atoms with Crippen LogP contribution in [0.4, 0.5) is 9.18 Å². The van der Waals surface area contributed by atoms with E-state index in [4.69, 9.17) is 0 Å². The van der Waals surface area contributed by atoms with Crippen LogP contribution in [-0.4, -0.2) is 41.8 Å². The molecule has 0 spiro atoms. The lowest BCUT2D eigenvalue weighted by Crippen LogP contribution is -2.50. The molecule has 1 saturated carbocycles. The molecule has 0 aromatic heterocycles. The van der Waals surface area contributed by atoms with Gasteiger partial charge < -0.3 is 15.3 Å². The van der Waals surface area contributed by atoms with Crippen LogP contribution in [0.25, 0.3) is 0 Å². The first kappa shape index (κ1) is 17.2. The van der Waals surface area contributed by atoms with Crippen molar-refractivity contribution in [2.24, 2.45) is 0 Å². The summed E-state index contributed by atoms with van der Waals surface area (Å²) in [5, 5.41) is 12.8. The molecule has 1 saturated heterocycles. The zero-order valence-corrected chi connectivity index (χ0v) is 14.1. The van der Waals surface area contributed by atoms with E-state index >= 15 is 0 Å². The van der Waals surface area contributed by atoms with E-state index in [1.165, 1.54) is 12.5 Å². The fourth-order valence-corrected chi connectivity index (χ4v) is 4.11. The van der Waals surface area contributed by atoms with Crippen molar-refractivity contribution in [1.29, 1.82) is 0 Å². The zero-order chi connectivity index (χ0) is 17.0. The lowest BCUT2D eigenvalue weighted by atomic mass is 9.69. The van der Waals surface area contributed by atoms with Gasteiger partial charge in [0.1, 0.15) is 5.82 Å². The summed E-state index contributed by atoms with van der Waals surface area (Å²) in [6, 6.07) is 6.69. The Balaban J connectivity index is 1.69. The maximum absolute atomic E-state index is 13.7. The molecule has 2 amide bonds. The monoisotopic (exact) mass is 334 g/mol. The maximum atomic E-state index is 13.7. The van der Waals surface area contributed by atoms with Gasteiger partial charge in [-0.05, 0) is 43.4 Å².